The molecule has 3 aromatic rings. The van der Waals surface area contributed by atoms with E-state index >= 15 is 0 Å². The second-order valence-electron chi connectivity index (χ2n) is 7.06. The SMILES string of the molecule is CCSCc1ccc(C(=O)Nc2cccc(Cn3ccnc3C(C)C)c2)cc1. The Bertz CT molecular complexity index is 916. The number of benzene rings is 2. The molecule has 0 aliphatic rings. The Balaban J connectivity index is 1.67. The lowest BCUT2D eigenvalue weighted by molar-refractivity contribution is 0.102. The third kappa shape index (κ3) is 5.26. The Morgan fingerprint density at radius 1 is 1.14 bits per heavy atom. The van der Waals surface area contributed by atoms with Crippen molar-refractivity contribution in [2.75, 3.05) is 11.1 Å². The van der Waals surface area contributed by atoms with E-state index in [2.05, 4.69) is 41.7 Å². The molecule has 28 heavy (non-hydrogen) atoms. The van der Waals surface area contributed by atoms with E-state index in [1.54, 1.807) is 0 Å². The van der Waals surface area contributed by atoms with Crippen molar-refractivity contribution in [3.8, 4) is 0 Å². The van der Waals surface area contributed by atoms with E-state index in [-0.39, 0.29) is 5.91 Å². The lowest BCUT2D eigenvalue weighted by Crippen LogP contribution is -2.12. The maximum atomic E-state index is 12.6. The van der Waals surface area contributed by atoms with Crippen LogP contribution < -0.4 is 5.32 Å². The number of nitrogens with zero attached hydrogens (tertiary/aromatic N) is 2. The zero-order valence-corrected chi connectivity index (χ0v) is 17.5. The molecule has 0 aliphatic heterocycles. The molecule has 2 aromatic carbocycles. The van der Waals surface area contributed by atoms with Gasteiger partial charge in [-0.2, -0.15) is 11.8 Å². The average Bonchev–Trinajstić information content (AvgIpc) is 3.15. The van der Waals surface area contributed by atoms with Crippen LogP contribution in [0.4, 0.5) is 5.69 Å². The zero-order valence-electron chi connectivity index (χ0n) is 16.7. The largest absolute Gasteiger partial charge is 0.330 e. The highest BCUT2D eigenvalue weighted by Gasteiger charge is 2.09. The Morgan fingerprint density at radius 3 is 2.64 bits per heavy atom. The molecular formula is C23H27N3OS. The van der Waals surface area contributed by atoms with Gasteiger partial charge in [0.25, 0.3) is 5.91 Å². The van der Waals surface area contributed by atoms with Crippen LogP contribution in [0.2, 0.25) is 0 Å². The number of nitrogens with one attached hydrogen (secondary N) is 1. The predicted molar refractivity (Wildman–Crippen MR) is 118 cm³/mol. The Labute approximate surface area is 171 Å². The number of carbonyl (C=O) groups excluding carboxylic acids is 1. The normalized spacial score (nSPS) is 11.0. The quantitative estimate of drug-likeness (QED) is 0.545. The lowest BCUT2D eigenvalue weighted by Gasteiger charge is -2.12. The van der Waals surface area contributed by atoms with E-state index in [1.165, 1.54) is 5.56 Å². The van der Waals surface area contributed by atoms with Gasteiger partial charge in [0, 0.05) is 41.9 Å². The fraction of sp³-hybridized carbons (Fsp3) is 0.304. The maximum Gasteiger partial charge on any atom is 0.255 e. The first-order valence-electron chi connectivity index (χ1n) is 9.64. The lowest BCUT2D eigenvalue weighted by atomic mass is 10.1. The Hall–Kier alpha value is -2.53. The van der Waals surface area contributed by atoms with Gasteiger partial charge >= 0.3 is 0 Å². The van der Waals surface area contributed by atoms with E-state index < -0.39 is 0 Å². The fourth-order valence-electron chi connectivity index (χ4n) is 3.07. The minimum absolute atomic E-state index is 0.0858. The Morgan fingerprint density at radius 2 is 1.93 bits per heavy atom. The van der Waals surface area contributed by atoms with Crippen LogP contribution >= 0.6 is 11.8 Å². The summed E-state index contributed by atoms with van der Waals surface area (Å²) in [4.78, 5) is 17.0. The number of imidazole rings is 1. The van der Waals surface area contributed by atoms with E-state index in [0.29, 0.717) is 11.5 Å². The molecule has 0 fully saturated rings. The maximum absolute atomic E-state index is 12.6. The smallest absolute Gasteiger partial charge is 0.255 e. The van der Waals surface area contributed by atoms with Gasteiger partial charge in [-0.1, -0.05) is 45.0 Å². The molecular weight excluding hydrogens is 366 g/mol. The van der Waals surface area contributed by atoms with Crippen LogP contribution in [0.3, 0.4) is 0 Å². The highest BCUT2D eigenvalue weighted by molar-refractivity contribution is 7.98. The van der Waals surface area contributed by atoms with Gasteiger partial charge in [-0.05, 0) is 41.1 Å². The van der Waals surface area contributed by atoms with Gasteiger partial charge in [-0.3, -0.25) is 4.79 Å². The number of anilines is 1. The molecule has 1 N–H and O–H groups in total. The van der Waals surface area contributed by atoms with Crippen LogP contribution in [0.25, 0.3) is 0 Å². The van der Waals surface area contributed by atoms with Gasteiger partial charge in [0.05, 0.1) is 0 Å². The number of hydrogen-bond acceptors (Lipinski definition) is 3. The standard InChI is InChI=1S/C23H27N3OS/c1-4-28-16-18-8-10-20(11-9-18)23(27)25-21-7-5-6-19(14-21)15-26-13-12-24-22(26)17(2)3/h5-14,17H,4,15-16H2,1-3H3,(H,25,27). The number of aromatic nitrogens is 2. The first-order chi connectivity index (χ1) is 13.6. The van der Waals surface area contributed by atoms with Crippen molar-refractivity contribution in [1.29, 1.82) is 0 Å². The van der Waals surface area contributed by atoms with Gasteiger partial charge < -0.3 is 9.88 Å². The topological polar surface area (TPSA) is 46.9 Å². The molecule has 0 atom stereocenters. The van der Waals surface area contributed by atoms with Crippen molar-refractivity contribution in [2.45, 2.75) is 39.0 Å². The van der Waals surface area contributed by atoms with Crippen molar-refractivity contribution in [1.82, 2.24) is 9.55 Å². The Kier molecular flexibility index (Phi) is 6.93. The van der Waals surface area contributed by atoms with Gasteiger partial charge in [0.15, 0.2) is 0 Å². The minimum atomic E-state index is -0.0858. The minimum Gasteiger partial charge on any atom is -0.330 e. The van der Waals surface area contributed by atoms with Gasteiger partial charge in [-0.25, -0.2) is 4.98 Å². The average molecular weight is 394 g/mol. The molecule has 4 nitrogen and oxygen atoms in total. The van der Waals surface area contributed by atoms with Crippen LogP contribution in [-0.2, 0) is 12.3 Å². The van der Waals surface area contributed by atoms with Crippen molar-refractivity contribution in [3.63, 3.8) is 0 Å². The van der Waals surface area contributed by atoms with Crippen molar-refractivity contribution in [3.05, 3.63) is 83.4 Å². The highest BCUT2D eigenvalue weighted by atomic mass is 32.2. The summed E-state index contributed by atoms with van der Waals surface area (Å²) in [6.45, 7) is 7.17. The van der Waals surface area contributed by atoms with E-state index in [9.17, 15) is 4.79 Å². The van der Waals surface area contributed by atoms with Crippen LogP contribution in [0.5, 0.6) is 0 Å². The van der Waals surface area contributed by atoms with Crippen LogP contribution in [0.15, 0.2) is 60.9 Å². The molecule has 5 heteroatoms. The molecule has 0 unspecified atom stereocenters. The summed E-state index contributed by atoms with van der Waals surface area (Å²) >= 11 is 1.88. The van der Waals surface area contributed by atoms with Crippen LogP contribution in [0.1, 0.15) is 54.0 Å². The fourth-order valence-corrected chi connectivity index (χ4v) is 3.71. The molecule has 0 spiro atoms. The van der Waals surface area contributed by atoms with Crippen LogP contribution in [-0.4, -0.2) is 21.2 Å². The molecule has 0 radical (unpaired) electrons. The molecule has 1 heterocycles. The van der Waals surface area contributed by atoms with Gasteiger partial charge in [-0.15, -0.1) is 0 Å². The van der Waals surface area contributed by atoms with E-state index in [0.717, 1.165) is 35.1 Å². The third-order valence-electron chi connectivity index (χ3n) is 4.49. The van der Waals surface area contributed by atoms with Gasteiger partial charge in [0.2, 0.25) is 0 Å². The molecule has 0 saturated heterocycles. The number of hydrogen-bond donors (Lipinski definition) is 1. The third-order valence-corrected chi connectivity index (χ3v) is 5.44. The van der Waals surface area contributed by atoms with Gasteiger partial charge in [0.1, 0.15) is 5.82 Å². The second-order valence-corrected chi connectivity index (χ2v) is 8.33. The first kappa shape index (κ1) is 20.2. The molecule has 146 valence electrons. The van der Waals surface area contributed by atoms with Crippen LogP contribution in [0, 0.1) is 0 Å². The summed E-state index contributed by atoms with van der Waals surface area (Å²) in [6, 6.07) is 15.8. The summed E-state index contributed by atoms with van der Waals surface area (Å²) in [5.74, 6) is 3.42. The molecule has 3 rings (SSSR count). The number of carbonyl (C=O) groups is 1. The molecule has 0 aliphatic carbocycles. The highest BCUT2D eigenvalue weighted by Crippen LogP contribution is 2.18. The monoisotopic (exact) mass is 393 g/mol. The summed E-state index contributed by atoms with van der Waals surface area (Å²) < 4.78 is 2.15. The first-order valence-corrected chi connectivity index (χ1v) is 10.8. The molecule has 0 saturated carbocycles. The number of thioether (sulfide) groups is 1. The van der Waals surface area contributed by atoms with Crippen molar-refractivity contribution >= 4 is 23.4 Å². The van der Waals surface area contributed by atoms with Crippen molar-refractivity contribution in [2.24, 2.45) is 0 Å². The van der Waals surface area contributed by atoms with E-state index in [4.69, 9.17) is 0 Å². The summed E-state index contributed by atoms with van der Waals surface area (Å²) in [5, 5.41) is 3.01. The number of rotatable bonds is 8. The molecule has 1 amide bonds. The summed E-state index contributed by atoms with van der Waals surface area (Å²) in [6.07, 6.45) is 3.84. The van der Waals surface area contributed by atoms with Crippen molar-refractivity contribution < 1.29 is 4.79 Å². The zero-order chi connectivity index (χ0) is 19.9. The van der Waals surface area contributed by atoms with E-state index in [1.807, 2.05) is 66.6 Å². The number of amides is 1. The predicted octanol–water partition coefficient (Wildman–Crippen LogP) is 5.56. The second kappa shape index (κ2) is 9.60. The molecule has 1 aromatic heterocycles. The molecule has 0 bridgehead atoms. The summed E-state index contributed by atoms with van der Waals surface area (Å²) in [5.41, 5.74) is 3.85. The summed E-state index contributed by atoms with van der Waals surface area (Å²) in [7, 11) is 0.